The first-order valence-electron chi connectivity index (χ1n) is 10.3. The van der Waals surface area contributed by atoms with Crippen molar-refractivity contribution < 1.29 is 8.83 Å². The highest BCUT2D eigenvalue weighted by Gasteiger charge is 2.17. The summed E-state index contributed by atoms with van der Waals surface area (Å²) in [7, 11) is 0. The van der Waals surface area contributed by atoms with Gasteiger partial charge in [0.1, 0.15) is 16.9 Å². The van der Waals surface area contributed by atoms with Gasteiger partial charge in [-0.2, -0.15) is 0 Å². The van der Waals surface area contributed by atoms with Crippen LogP contribution in [0, 0.1) is 0 Å². The Labute approximate surface area is 187 Å². The zero-order valence-electron chi connectivity index (χ0n) is 17.3. The number of halogens is 1. The van der Waals surface area contributed by atoms with E-state index in [9.17, 15) is 4.79 Å². The molecule has 3 aromatic heterocycles. The zero-order valence-corrected chi connectivity index (χ0v) is 18.1. The average Bonchev–Trinajstić information content (AvgIpc) is 3.39. The van der Waals surface area contributed by atoms with Crippen LogP contribution in [0.2, 0.25) is 5.02 Å². The van der Waals surface area contributed by atoms with E-state index in [1.807, 2.05) is 42.5 Å². The fourth-order valence-electron chi connectivity index (χ4n) is 3.72. The van der Waals surface area contributed by atoms with Crippen LogP contribution < -0.4 is 5.56 Å². The van der Waals surface area contributed by atoms with Gasteiger partial charge in [-0.05, 0) is 37.2 Å². The second-order valence-electron chi connectivity index (χ2n) is 7.48. The number of hydrogen-bond donors (Lipinski definition) is 1. The topological polar surface area (TPSA) is 101 Å². The lowest BCUT2D eigenvalue weighted by Crippen LogP contribution is -2.26. The molecule has 3 heterocycles. The fraction of sp³-hybridized carbons (Fsp3) is 0.217. The number of fused-ring (bicyclic) bond motifs is 3. The van der Waals surface area contributed by atoms with Crippen LogP contribution in [0.15, 0.2) is 62.2 Å². The van der Waals surface area contributed by atoms with Crippen molar-refractivity contribution in [2.24, 2.45) is 0 Å². The Balaban J connectivity index is 1.42. The van der Waals surface area contributed by atoms with Crippen LogP contribution in [0.5, 0.6) is 0 Å². The van der Waals surface area contributed by atoms with E-state index in [0.29, 0.717) is 52.4 Å². The van der Waals surface area contributed by atoms with Crippen molar-refractivity contribution in [2.45, 2.75) is 26.4 Å². The molecule has 0 amide bonds. The number of aromatic nitrogens is 4. The van der Waals surface area contributed by atoms with Gasteiger partial charge in [0.05, 0.1) is 23.7 Å². The number of para-hydroxylation sites is 1. The molecular weight excluding hydrogens is 430 g/mol. The first kappa shape index (κ1) is 20.4. The number of rotatable bonds is 7. The third-order valence-corrected chi connectivity index (χ3v) is 5.45. The summed E-state index contributed by atoms with van der Waals surface area (Å²) in [5.74, 6) is 1.39. The summed E-state index contributed by atoms with van der Waals surface area (Å²) in [6, 6.07) is 14.8. The van der Waals surface area contributed by atoms with Gasteiger partial charge in [-0.1, -0.05) is 42.8 Å². The van der Waals surface area contributed by atoms with E-state index in [-0.39, 0.29) is 11.1 Å². The first-order chi connectivity index (χ1) is 15.6. The molecule has 1 N–H and O–H groups in total. The Bertz CT molecular complexity index is 1460. The van der Waals surface area contributed by atoms with E-state index < -0.39 is 0 Å². The molecule has 0 atom stereocenters. The van der Waals surface area contributed by atoms with Gasteiger partial charge in [0.2, 0.25) is 17.4 Å². The molecule has 0 aliphatic heterocycles. The van der Waals surface area contributed by atoms with Crippen molar-refractivity contribution in [3.05, 3.63) is 75.6 Å². The van der Waals surface area contributed by atoms with Crippen LogP contribution in [-0.4, -0.2) is 31.6 Å². The zero-order chi connectivity index (χ0) is 22.1. The van der Waals surface area contributed by atoms with Crippen molar-refractivity contribution >= 4 is 33.7 Å². The number of furan rings is 1. The van der Waals surface area contributed by atoms with E-state index >= 15 is 0 Å². The van der Waals surface area contributed by atoms with E-state index in [1.54, 1.807) is 6.07 Å². The number of hydrogen-bond acceptors (Lipinski definition) is 7. The van der Waals surface area contributed by atoms with Gasteiger partial charge >= 0.3 is 0 Å². The molecule has 162 valence electrons. The molecule has 0 aliphatic carbocycles. The summed E-state index contributed by atoms with van der Waals surface area (Å²) in [4.78, 5) is 22.2. The van der Waals surface area contributed by atoms with Gasteiger partial charge in [-0.15, -0.1) is 10.2 Å². The Morgan fingerprint density at radius 1 is 1.03 bits per heavy atom. The molecule has 0 spiro atoms. The molecule has 0 aliphatic rings. The summed E-state index contributed by atoms with van der Waals surface area (Å²) in [5, 5.41) is 9.68. The van der Waals surface area contributed by atoms with Crippen molar-refractivity contribution in [3.63, 3.8) is 0 Å². The molecule has 32 heavy (non-hydrogen) atoms. The third-order valence-electron chi connectivity index (χ3n) is 5.12. The number of nitrogens with one attached hydrogen (secondary N) is 1. The van der Waals surface area contributed by atoms with Crippen LogP contribution in [-0.2, 0) is 13.1 Å². The lowest BCUT2D eigenvalue weighted by atomic mass is 10.2. The van der Waals surface area contributed by atoms with E-state index in [4.69, 9.17) is 20.4 Å². The lowest BCUT2D eigenvalue weighted by Gasteiger charge is -2.18. The Morgan fingerprint density at radius 2 is 1.84 bits per heavy atom. The normalized spacial score (nSPS) is 11.7. The maximum atomic E-state index is 12.6. The van der Waals surface area contributed by atoms with Gasteiger partial charge < -0.3 is 13.8 Å². The predicted octanol–water partition coefficient (Wildman–Crippen LogP) is 4.78. The quantitative estimate of drug-likeness (QED) is 0.381. The Kier molecular flexibility index (Phi) is 5.46. The smallest absolute Gasteiger partial charge is 0.294 e. The number of benzene rings is 2. The fourth-order valence-corrected chi connectivity index (χ4v) is 3.93. The maximum Gasteiger partial charge on any atom is 0.294 e. The molecular formula is C23H20ClN5O3. The van der Waals surface area contributed by atoms with Crippen LogP contribution in [0.1, 0.15) is 25.1 Å². The molecule has 9 heteroatoms. The molecule has 0 saturated carbocycles. The van der Waals surface area contributed by atoms with Crippen molar-refractivity contribution in [2.75, 3.05) is 6.54 Å². The molecule has 0 fully saturated rings. The van der Waals surface area contributed by atoms with E-state index in [1.165, 1.54) is 0 Å². The predicted molar refractivity (Wildman–Crippen MR) is 121 cm³/mol. The van der Waals surface area contributed by atoms with Crippen LogP contribution >= 0.6 is 11.6 Å². The van der Waals surface area contributed by atoms with Crippen LogP contribution in [0.4, 0.5) is 0 Å². The van der Waals surface area contributed by atoms with Crippen molar-refractivity contribution in [1.29, 1.82) is 0 Å². The number of nitrogens with zero attached hydrogens (tertiary/aromatic N) is 4. The Hall–Kier alpha value is -3.49. The molecule has 2 aromatic carbocycles. The first-order valence-corrected chi connectivity index (χ1v) is 10.7. The van der Waals surface area contributed by atoms with Crippen molar-refractivity contribution in [3.8, 4) is 11.5 Å². The summed E-state index contributed by atoms with van der Waals surface area (Å²) in [5.41, 5.74) is 1.84. The monoisotopic (exact) mass is 449 g/mol. The summed E-state index contributed by atoms with van der Waals surface area (Å²) in [6.45, 7) is 3.68. The standard InChI is InChI=1S/C23H20ClN5O3/c1-2-11-29(13-19-27-28-23(32-19)14-7-3-5-9-16(14)24)12-18-25-20-15-8-4-6-10-17(15)31-21(20)22(30)26-18/h3-10H,2,11-13H2,1H3,(H,25,26,30). The minimum Gasteiger partial charge on any atom is -0.449 e. The summed E-state index contributed by atoms with van der Waals surface area (Å²) >= 11 is 6.24. The molecule has 8 nitrogen and oxygen atoms in total. The van der Waals surface area contributed by atoms with E-state index in [0.717, 1.165) is 18.4 Å². The molecule has 5 aromatic rings. The van der Waals surface area contributed by atoms with E-state index in [2.05, 4.69) is 32.0 Å². The molecule has 0 bridgehead atoms. The second kappa shape index (κ2) is 8.57. The minimum atomic E-state index is -0.295. The lowest BCUT2D eigenvalue weighted by molar-refractivity contribution is 0.226. The Morgan fingerprint density at radius 3 is 2.69 bits per heavy atom. The number of aromatic amines is 1. The van der Waals surface area contributed by atoms with Gasteiger partial charge in [-0.3, -0.25) is 9.69 Å². The number of H-pyrrole nitrogens is 1. The van der Waals surface area contributed by atoms with Gasteiger partial charge in [0.25, 0.3) is 5.56 Å². The molecule has 5 rings (SSSR count). The summed E-state index contributed by atoms with van der Waals surface area (Å²) < 4.78 is 11.5. The van der Waals surface area contributed by atoms with Crippen molar-refractivity contribution in [1.82, 2.24) is 25.1 Å². The third kappa shape index (κ3) is 3.90. The minimum absolute atomic E-state index is 0.235. The van der Waals surface area contributed by atoms with Crippen LogP contribution in [0.25, 0.3) is 33.5 Å². The highest BCUT2D eigenvalue weighted by atomic mass is 35.5. The average molecular weight is 450 g/mol. The molecule has 0 radical (unpaired) electrons. The van der Waals surface area contributed by atoms with Gasteiger partial charge in [-0.25, -0.2) is 4.98 Å². The second-order valence-corrected chi connectivity index (χ2v) is 7.89. The SMILES string of the molecule is CCCN(Cc1nc2c(oc3ccccc32)c(=O)[nH]1)Cc1nnc(-c2ccccc2Cl)o1. The highest BCUT2D eigenvalue weighted by molar-refractivity contribution is 6.33. The maximum absolute atomic E-state index is 12.6. The summed E-state index contributed by atoms with van der Waals surface area (Å²) in [6.07, 6.45) is 0.909. The van der Waals surface area contributed by atoms with Crippen LogP contribution in [0.3, 0.4) is 0 Å². The van der Waals surface area contributed by atoms with Gasteiger partial charge in [0.15, 0.2) is 0 Å². The van der Waals surface area contributed by atoms with Gasteiger partial charge in [0, 0.05) is 5.39 Å². The molecule has 0 saturated heterocycles. The highest BCUT2D eigenvalue weighted by Crippen LogP contribution is 2.27. The largest absolute Gasteiger partial charge is 0.449 e. The molecule has 0 unspecified atom stereocenters.